The van der Waals surface area contributed by atoms with Gasteiger partial charge in [-0.15, -0.1) is 23.2 Å². The molecule has 0 aliphatic rings. The Hall–Kier alpha value is -0.150. The topological polar surface area (TPSA) is 29.5 Å². The minimum atomic E-state index is -1.01. The summed E-state index contributed by atoms with van der Waals surface area (Å²) in [5, 5.41) is 10.2. The smallest absolute Gasteiger partial charge is 0.143 e. The van der Waals surface area contributed by atoms with Crippen LogP contribution in [0.25, 0.3) is 0 Å². The number of benzene rings is 1. The molecule has 0 aromatic heterocycles. The second-order valence-electron chi connectivity index (χ2n) is 2.87. The van der Waals surface area contributed by atoms with E-state index in [0.29, 0.717) is 22.9 Å². The van der Waals surface area contributed by atoms with Crippen molar-refractivity contribution in [3.8, 4) is 5.75 Å². The first kappa shape index (κ1) is 12.9. The van der Waals surface area contributed by atoms with E-state index in [-0.39, 0.29) is 0 Å². The van der Waals surface area contributed by atoms with E-state index in [2.05, 4.69) is 0 Å². The highest BCUT2D eigenvalue weighted by Crippen LogP contribution is 2.36. The fourth-order valence-electron chi connectivity index (χ4n) is 1.19. The van der Waals surface area contributed by atoms with Gasteiger partial charge < -0.3 is 9.84 Å². The Morgan fingerprint density at radius 1 is 1.40 bits per heavy atom. The lowest BCUT2D eigenvalue weighted by molar-refractivity contribution is 0.186. The van der Waals surface area contributed by atoms with Gasteiger partial charge in [0.25, 0.3) is 0 Å². The number of aliphatic hydroxyl groups excluding tert-OH is 1. The number of para-hydroxylation sites is 1. The van der Waals surface area contributed by atoms with Crippen molar-refractivity contribution < 1.29 is 9.84 Å². The van der Waals surface area contributed by atoms with E-state index < -0.39 is 10.9 Å². The molecule has 1 rings (SSSR count). The summed E-state index contributed by atoms with van der Waals surface area (Å²) in [5.74, 6) is 0.431. The average Bonchev–Trinajstić information content (AvgIpc) is 2.20. The van der Waals surface area contributed by atoms with Gasteiger partial charge in [-0.1, -0.05) is 23.7 Å². The van der Waals surface area contributed by atoms with Gasteiger partial charge in [-0.3, -0.25) is 0 Å². The zero-order valence-electron chi connectivity index (χ0n) is 8.08. The fourth-order valence-corrected chi connectivity index (χ4v) is 1.70. The molecule has 84 valence electrons. The quantitative estimate of drug-likeness (QED) is 0.847. The number of alkyl halides is 2. The van der Waals surface area contributed by atoms with Crippen molar-refractivity contribution in [2.45, 2.75) is 17.9 Å². The van der Waals surface area contributed by atoms with Crippen LogP contribution in [0.3, 0.4) is 0 Å². The Balaban J connectivity index is 3.10. The van der Waals surface area contributed by atoms with Crippen molar-refractivity contribution in [1.82, 2.24) is 0 Å². The number of aliphatic hydroxyl groups is 1. The van der Waals surface area contributed by atoms with Gasteiger partial charge in [0.2, 0.25) is 0 Å². The van der Waals surface area contributed by atoms with Crippen LogP contribution in [-0.4, -0.2) is 16.5 Å². The van der Waals surface area contributed by atoms with Gasteiger partial charge in [0.1, 0.15) is 16.7 Å². The van der Waals surface area contributed by atoms with Gasteiger partial charge >= 0.3 is 0 Å². The zero-order chi connectivity index (χ0) is 11.4. The van der Waals surface area contributed by atoms with Gasteiger partial charge in [-0.2, -0.15) is 0 Å². The molecule has 0 saturated heterocycles. The fraction of sp³-hybridized carbons (Fsp3) is 0.400. The van der Waals surface area contributed by atoms with Crippen molar-refractivity contribution in [2.24, 2.45) is 0 Å². The second-order valence-corrected chi connectivity index (χ2v) is 4.44. The summed E-state index contributed by atoms with van der Waals surface area (Å²) < 4.78 is 5.33. The summed E-state index contributed by atoms with van der Waals surface area (Å²) >= 11 is 17.1. The Morgan fingerprint density at radius 3 is 2.60 bits per heavy atom. The van der Waals surface area contributed by atoms with Crippen molar-refractivity contribution in [3.63, 3.8) is 0 Å². The summed E-state index contributed by atoms with van der Waals surface area (Å²) in [6.07, 6.45) is -1.01. The Kier molecular flexibility index (Phi) is 5.00. The van der Waals surface area contributed by atoms with Crippen LogP contribution >= 0.6 is 34.8 Å². The molecule has 15 heavy (non-hydrogen) atoms. The van der Waals surface area contributed by atoms with E-state index in [1.54, 1.807) is 18.2 Å². The minimum Gasteiger partial charge on any atom is -0.492 e. The molecule has 0 aliphatic heterocycles. The largest absolute Gasteiger partial charge is 0.492 e. The highest BCUT2D eigenvalue weighted by molar-refractivity contribution is 6.44. The molecule has 0 amide bonds. The predicted molar refractivity (Wildman–Crippen MR) is 63.1 cm³/mol. The molecular formula is C10H11Cl3O2. The Morgan fingerprint density at radius 2 is 2.07 bits per heavy atom. The van der Waals surface area contributed by atoms with Crippen LogP contribution in [0.4, 0.5) is 0 Å². The van der Waals surface area contributed by atoms with E-state index in [1.165, 1.54) is 0 Å². The van der Waals surface area contributed by atoms with E-state index in [0.717, 1.165) is 0 Å². The summed E-state index contributed by atoms with van der Waals surface area (Å²) in [5.41, 5.74) is 0.499. The van der Waals surface area contributed by atoms with E-state index in [1.807, 2.05) is 6.92 Å². The minimum absolute atomic E-state index is 0.431. The lowest BCUT2D eigenvalue weighted by Crippen LogP contribution is -2.08. The molecular weight excluding hydrogens is 258 g/mol. The standard InChI is InChI=1S/C10H11Cl3O2/c1-2-15-9-6(8(14)10(12)13)4-3-5-7(9)11/h3-5,8,10,14H,2H2,1H3. The lowest BCUT2D eigenvalue weighted by atomic mass is 10.1. The third-order valence-corrected chi connectivity index (χ3v) is 2.62. The number of halogens is 3. The first-order valence-electron chi connectivity index (χ1n) is 4.45. The Labute approximate surface area is 104 Å². The molecule has 1 N–H and O–H groups in total. The van der Waals surface area contributed by atoms with E-state index in [9.17, 15) is 5.11 Å². The number of ether oxygens (including phenoxy) is 1. The summed E-state index contributed by atoms with van der Waals surface area (Å²) in [6, 6.07) is 5.07. The molecule has 1 aromatic rings. The third kappa shape index (κ3) is 3.15. The van der Waals surface area contributed by atoms with Crippen molar-refractivity contribution >= 4 is 34.8 Å². The molecule has 0 saturated carbocycles. The molecule has 1 unspecified atom stereocenters. The highest BCUT2D eigenvalue weighted by atomic mass is 35.5. The van der Waals surface area contributed by atoms with Crippen LogP contribution in [0, 0.1) is 0 Å². The lowest BCUT2D eigenvalue weighted by Gasteiger charge is -2.17. The first-order valence-corrected chi connectivity index (χ1v) is 5.70. The monoisotopic (exact) mass is 268 g/mol. The second kappa shape index (κ2) is 5.80. The van der Waals surface area contributed by atoms with Gasteiger partial charge in [0.15, 0.2) is 0 Å². The number of hydrogen-bond donors (Lipinski definition) is 1. The maximum Gasteiger partial charge on any atom is 0.143 e. The van der Waals surface area contributed by atoms with E-state index >= 15 is 0 Å². The van der Waals surface area contributed by atoms with Gasteiger partial charge in [-0.25, -0.2) is 0 Å². The van der Waals surface area contributed by atoms with Crippen LogP contribution in [0.15, 0.2) is 18.2 Å². The van der Waals surface area contributed by atoms with Crippen LogP contribution < -0.4 is 4.74 Å². The summed E-state index contributed by atoms with van der Waals surface area (Å²) in [7, 11) is 0. The van der Waals surface area contributed by atoms with Crippen molar-refractivity contribution in [3.05, 3.63) is 28.8 Å². The van der Waals surface area contributed by atoms with E-state index in [4.69, 9.17) is 39.5 Å². The molecule has 0 radical (unpaired) electrons. The number of hydrogen-bond acceptors (Lipinski definition) is 2. The van der Waals surface area contributed by atoms with Gasteiger partial charge in [0, 0.05) is 5.56 Å². The van der Waals surface area contributed by atoms with Crippen molar-refractivity contribution in [2.75, 3.05) is 6.61 Å². The van der Waals surface area contributed by atoms with Crippen LogP contribution in [0.2, 0.25) is 5.02 Å². The molecule has 0 heterocycles. The molecule has 5 heteroatoms. The van der Waals surface area contributed by atoms with Gasteiger partial charge in [-0.05, 0) is 13.0 Å². The maximum absolute atomic E-state index is 9.73. The SMILES string of the molecule is CCOc1c(Cl)cccc1C(O)C(Cl)Cl. The molecule has 1 aromatic carbocycles. The maximum atomic E-state index is 9.73. The molecule has 0 aliphatic carbocycles. The molecule has 1 atom stereocenters. The summed E-state index contributed by atoms with van der Waals surface area (Å²) in [4.78, 5) is -0.914. The first-order chi connectivity index (χ1) is 7.07. The predicted octanol–water partition coefficient (Wildman–Crippen LogP) is 3.58. The van der Waals surface area contributed by atoms with Crippen LogP contribution in [-0.2, 0) is 0 Å². The molecule has 0 fully saturated rings. The van der Waals surface area contributed by atoms with Crippen LogP contribution in [0.1, 0.15) is 18.6 Å². The number of rotatable bonds is 4. The average molecular weight is 270 g/mol. The highest BCUT2D eigenvalue weighted by Gasteiger charge is 2.21. The summed E-state index contributed by atoms with van der Waals surface area (Å²) in [6.45, 7) is 2.29. The van der Waals surface area contributed by atoms with Gasteiger partial charge in [0.05, 0.1) is 11.6 Å². The zero-order valence-corrected chi connectivity index (χ0v) is 10.4. The van der Waals surface area contributed by atoms with Crippen LogP contribution in [0.5, 0.6) is 5.75 Å². The Bertz CT molecular complexity index is 328. The molecule has 2 nitrogen and oxygen atoms in total. The normalized spacial score (nSPS) is 12.9. The van der Waals surface area contributed by atoms with Crippen molar-refractivity contribution in [1.29, 1.82) is 0 Å². The molecule has 0 spiro atoms. The third-order valence-electron chi connectivity index (χ3n) is 1.84. The molecule has 0 bridgehead atoms.